The summed E-state index contributed by atoms with van der Waals surface area (Å²) in [7, 11) is 0. The van der Waals surface area contributed by atoms with Crippen molar-refractivity contribution in [3.8, 4) is 0 Å². The van der Waals surface area contributed by atoms with Gasteiger partial charge in [0.1, 0.15) is 12.2 Å². The average Bonchev–Trinajstić information content (AvgIpc) is 2.94. The molecule has 6 heteroatoms. The SMILES string of the molecule is CCc1nncn1CCNC(=O)/C=C(\C)c1cccc(Cl)c1. The molecule has 0 atom stereocenters. The number of amides is 1. The minimum atomic E-state index is -0.122. The highest BCUT2D eigenvalue weighted by atomic mass is 35.5. The number of rotatable bonds is 6. The Morgan fingerprint density at radius 3 is 3.00 bits per heavy atom. The van der Waals surface area contributed by atoms with E-state index in [1.54, 1.807) is 12.4 Å². The van der Waals surface area contributed by atoms with Crippen molar-refractivity contribution in [2.75, 3.05) is 6.54 Å². The van der Waals surface area contributed by atoms with Crippen molar-refractivity contribution in [3.63, 3.8) is 0 Å². The molecule has 1 aromatic carbocycles. The molecule has 0 spiro atoms. The van der Waals surface area contributed by atoms with Crippen LogP contribution >= 0.6 is 11.6 Å². The van der Waals surface area contributed by atoms with Gasteiger partial charge in [-0.25, -0.2) is 0 Å². The number of nitrogens with one attached hydrogen (secondary N) is 1. The second-order valence-corrected chi connectivity index (χ2v) is 5.36. The van der Waals surface area contributed by atoms with Crippen LogP contribution in [0.2, 0.25) is 5.02 Å². The highest BCUT2D eigenvalue weighted by Gasteiger charge is 2.03. The van der Waals surface area contributed by atoms with Gasteiger partial charge in [0.2, 0.25) is 5.91 Å². The van der Waals surface area contributed by atoms with Gasteiger partial charge in [0.05, 0.1) is 0 Å². The van der Waals surface area contributed by atoms with Crippen LogP contribution in [-0.2, 0) is 17.8 Å². The lowest BCUT2D eigenvalue weighted by Gasteiger charge is -2.06. The molecular formula is C16H19ClN4O. The second kappa shape index (κ2) is 7.75. The third-order valence-electron chi connectivity index (χ3n) is 3.29. The van der Waals surface area contributed by atoms with Crippen molar-refractivity contribution in [2.24, 2.45) is 0 Å². The van der Waals surface area contributed by atoms with Crippen molar-refractivity contribution >= 4 is 23.1 Å². The van der Waals surface area contributed by atoms with Crippen LogP contribution in [0.4, 0.5) is 0 Å². The average molecular weight is 319 g/mol. The first-order valence-electron chi connectivity index (χ1n) is 7.19. The van der Waals surface area contributed by atoms with Crippen LogP contribution in [0.3, 0.4) is 0 Å². The van der Waals surface area contributed by atoms with Gasteiger partial charge >= 0.3 is 0 Å². The zero-order valence-corrected chi connectivity index (χ0v) is 13.5. The van der Waals surface area contributed by atoms with Crippen molar-refractivity contribution in [1.82, 2.24) is 20.1 Å². The van der Waals surface area contributed by atoms with Gasteiger partial charge in [-0.05, 0) is 30.2 Å². The zero-order chi connectivity index (χ0) is 15.9. The molecule has 0 fully saturated rings. The summed E-state index contributed by atoms with van der Waals surface area (Å²) in [6, 6.07) is 7.44. The number of carbonyl (C=O) groups is 1. The Labute approximate surface area is 135 Å². The predicted molar refractivity (Wildman–Crippen MR) is 87.5 cm³/mol. The third-order valence-corrected chi connectivity index (χ3v) is 3.53. The van der Waals surface area contributed by atoms with Crippen LogP contribution in [-0.4, -0.2) is 27.2 Å². The van der Waals surface area contributed by atoms with E-state index in [1.807, 2.05) is 42.7 Å². The molecule has 0 aliphatic heterocycles. The maximum atomic E-state index is 11.9. The van der Waals surface area contributed by atoms with Crippen molar-refractivity contribution < 1.29 is 4.79 Å². The van der Waals surface area contributed by atoms with Crippen LogP contribution in [0.25, 0.3) is 5.57 Å². The number of hydrogen-bond acceptors (Lipinski definition) is 3. The summed E-state index contributed by atoms with van der Waals surface area (Å²) in [5, 5.41) is 11.4. The Morgan fingerprint density at radius 1 is 1.45 bits per heavy atom. The van der Waals surface area contributed by atoms with E-state index in [0.29, 0.717) is 18.1 Å². The van der Waals surface area contributed by atoms with Crippen LogP contribution < -0.4 is 5.32 Å². The highest BCUT2D eigenvalue weighted by molar-refractivity contribution is 6.30. The van der Waals surface area contributed by atoms with E-state index in [4.69, 9.17) is 11.6 Å². The van der Waals surface area contributed by atoms with Crippen LogP contribution in [0.15, 0.2) is 36.7 Å². The van der Waals surface area contributed by atoms with Gasteiger partial charge in [0.25, 0.3) is 0 Å². The monoisotopic (exact) mass is 318 g/mol. The van der Waals surface area contributed by atoms with Crippen LogP contribution in [0.1, 0.15) is 25.2 Å². The third kappa shape index (κ3) is 4.43. The summed E-state index contributed by atoms with van der Waals surface area (Å²) < 4.78 is 1.94. The first-order chi connectivity index (χ1) is 10.6. The molecule has 1 N–H and O–H groups in total. The van der Waals surface area contributed by atoms with Crippen molar-refractivity contribution in [2.45, 2.75) is 26.8 Å². The van der Waals surface area contributed by atoms with E-state index in [1.165, 1.54) is 0 Å². The first kappa shape index (κ1) is 16.2. The molecule has 22 heavy (non-hydrogen) atoms. The molecule has 0 unspecified atom stereocenters. The van der Waals surface area contributed by atoms with Crippen molar-refractivity contribution in [1.29, 1.82) is 0 Å². The molecule has 2 aromatic rings. The Morgan fingerprint density at radius 2 is 2.27 bits per heavy atom. The fraction of sp³-hybridized carbons (Fsp3) is 0.312. The largest absolute Gasteiger partial charge is 0.351 e. The Hall–Kier alpha value is -2.14. The van der Waals surface area contributed by atoms with Gasteiger partial charge < -0.3 is 9.88 Å². The van der Waals surface area contributed by atoms with Gasteiger partial charge in [0.15, 0.2) is 0 Å². The summed E-state index contributed by atoms with van der Waals surface area (Å²) in [6.45, 7) is 5.10. The van der Waals surface area contributed by atoms with Gasteiger partial charge in [-0.2, -0.15) is 0 Å². The molecule has 0 saturated heterocycles. The van der Waals surface area contributed by atoms with Crippen LogP contribution in [0, 0.1) is 0 Å². The lowest BCUT2D eigenvalue weighted by molar-refractivity contribution is -0.116. The molecule has 0 aliphatic carbocycles. The standard InChI is InChI=1S/C16H19ClN4O/c1-3-15-20-19-11-21(15)8-7-18-16(22)9-12(2)13-5-4-6-14(17)10-13/h4-6,9-11H,3,7-8H2,1-2H3,(H,18,22)/b12-9+. The number of halogens is 1. The summed E-state index contributed by atoms with van der Waals surface area (Å²) in [4.78, 5) is 11.9. The molecule has 0 saturated carbocycles. The minimum absolute atomic E-state index is 0.122. The number of allylic oxidation sites excluding steroid dienone is 1. The molecule has 116 valence electrons. The molecule has 0 bridgehead atoms. The lowest BCUT2D eigenvalue weighted by atomic mass is 10.1. The molecule has 1 heterocycles. The van der Waals surface area contributed by atoms with E-state index in [2.05, 4.69) is 15.5 Å². The summed E-state index contributed by atoms with van der Waals surface area (Å²) in [5.41, 5.74) is 1.81. The van der Waals surface area contributed by atoms with Crippen LogP contribution in [0.5, 0.6) is 0 Å². The summed E-state index contributed by atoms with van der Waals surface area (Å²) in [5.74, 6) is 0.795. The minimum Gasteiger partial charge on any atom is -0.351 e. The number of carbonyl (C=O) groups excluding carboxylic acids is 1. The van der Waals surface area contributed by atoms with E-state index in [0.717, 1.165) is 23.4 Å². The summed E-state index contributed by atoms with van der Waals surface area (Å²) >= 11 is 5.95. The Kier molecular flexibility index (Phi) is 5.72. The molecule has 1 aromatic heterocycles. The van der Waals surface area contributed by atoms with Gasteiger partial charge in [-0.15, -0.1) is 10.2 Å². The number of hydrogen-bond donors (Lipinski definition) is 1. The molecule has 1 amide bonds. The molecule has 2 rings (SSSR count). The second-order valence-electron chi connectivity index (χ2n) is 4.92. The Balaban J connectivity index is 1.88. The van der Waals surface area contributed by atoms with E-state index >= 15 is 0 Å². The zero-order valence-electron chi connectivity index (χ0n) is 12.7. The van der Waals surface area contributed by atoms with E-state index < -0.39 is 0 Å². The molecule has 0 aliphatic rings. The fourth-order valence-corrected chi connectivity index (χ4v) is 2.29. The first-order valence-corrected chi connectivity index (χ1v) is 7.56. The molecule has 5 nitrogen and oxygen atoms in total. The number of aromatic nitrogens is 3. The fourth-order valence-electron chi connectivity index (χ4n) is 2.10. The number of benzene rings is 1. The maximum Gasteiger partial charge on any atom is 0.244 e. The smallest absolute Gasteiger partial charge is 0.244 e. The quantitative estimate of drug-likeness (QED) is 0.833. The number of aryl methyl sites for hydroxylation is 1. The summed E-state index contributed by atoms with van der Waals surface area (Å²) in [6.07, 6.45) is 4.08. The van der Waals surface area contributed by atoms with Gasteiger partial charge in [-0.1, -0.05) is 30.7 Å². The predicted octanol–water partition coefficient (Wildman–Crippen LogP) is 2.71. The van der Waals surface area contributed by atoms with E-state index in [-0.39, 0.29) is 5.91 Å². The Bertz CT molecular complexity index is 678. The maximum absolute atomic E-state index is 11.9. The van der Waals surface area contributed by atoms with Gasteiger partial charge in [0, 0.05) is 30.6 Å². The molecule has 0 radical (unpaired) electrons. The normalized spacial score (nSPS) is 11.5. The van der Waals surface area contributed by atoms with E-state index in [9.17, 15) is 4.79 Å². The highest BCUT2D eigenvalue weighted by Crippen LogP contribution is 2.17. The van der Waals surface area contributed by atoms with Gasteiger partial charge in [-0.3, -0.25) is 4.79 Å². The van der Waals surface area contributed by atoms with Crippen molar-refractivity contribution in [3.05, 3.63) is 53.1 Å². The lowest BCUT2D eigenvalue weighted by Crippen LogP contribution is -2.26. The topological polar surface area (TPSA) is 59.8 Å². The number of nitrogens with zero attached hydrogens (tertiary/aromatic N) is 3. The molecular weight excluding hydrogens is 300 g/mol.